The van der Waals surface area contributed by atoms with Crippen LogP contribution in [0.5, 0.6) is 0 Å². The third kappa shape index (κ3) is 59.6. The van der Waals surface area contributed by atoms with Crippen LogP contribution in [0.3, 0.4) is 0 Å². The van der Waals surface area contributed by atoms with Gasteiger partial charge >= 0.3 is 17.9 Å². The molecule has 0 aliphatic carbocycles. The highest BCUT2D eigenvalue weighted by Crippen LogP contribution is 2.16. The van der Waals surface area contributed by atoms with E-state index in [0.29, 0.717) is 19.3 Å². The van der Waals surface area contributed by atoms with Crippen LogP contribution < -0.4 is 0 Å². The number of ether oxygens (including phenoxy) is 3. The second-order valence-corrected chi connectivity index (χ2v) is 20.9. The summed E-state index contributed by atoms with van der Waals surface area (Å²) in [6, 6.07) is 0. The highest BCUT2D eigenvalue weighted by Gasteiger charge is 2.19. The number of carbonyl (C=O) groups is 3. The van der Waals surface area contributed by atoms with Gasteiger partial charge < -0.3 is 14.2 Å². The molecule has 0 rings (SSSR count). The first-order valence-corrected chi connectivity index (χ1v) is 31.4. The van der Waals surface area contributed by atoms with E-state index in [-0.39, 0.29) is 37.5 Å². The maximum atomic E-state index is 12.8. The summed E-state index contributed by atoms with van der Waals surface area (Å²) in [5.41, 5.74) is 0. The Morgan fingerprint density at radius 1 is 0.288 bits per heavy atom. The van der Waals surface area contributed by atoms with Crippen LogP contribution >= 0.6 is 0 Å². The molecule has 6 heteroatoms. The molecule has 0 spiro atoms. The molecule has 0 aromatic carbocycles. The topological polar surface area (TPSA) is 78.9 Å². The Kier molecular flexibility index (Phi) is 58.7. The molecule has 0 N–H and O–H groups in total. The van der Waals surface area contributed by atoms with E-state index in [2.05, 4.69) is 93.7 Å². The van der Waals surface area contributed by atoms with Crippen molar-refractivity contribution in [2.45, 2.75) is 322 Å². The molecule has 0 heterocycles. The molecule has 0 aliphatic rings. The van der Waals surface area contributed by atoms with Crippen LogP contribution in [0, 0.1) is 0 Å². The Balaban J connectivity index is 4.25. The van der Waals surface area contributed by atoms with E-state index >= 15 is 0 Å². The van der Waals surface area contributed by atoms with E-state index in [1.54, 1.807) is 0 Å². The summed E-state index contributed by atoms with van der Waals surface area (Å²) >= 11 is 0. The van der Waals surface area contributed by atoms with Crippen LogP contribution in [0.25, 0.3) is 0 Å². The zero-order valence-corrected chi connectivity index (χ0v) is 48.4. The molecule has 0 radical (unpaired) electrons. The monoisotopic (exact) mass is 1020 g/mol. The van der Waals surface area contributed by atoms with Crippen molar-refractivity contribution in [3.8, 4) is 0 Å². The summed E-state index contributed by atoms with van der Waals surface area (Å²) in [6.45, 7) is 6.50. The lowest BCUT2D eigenvalue weighted by Gasteiger charge is -2.18. The second-order valence-electron chi connectivity index (χ2n) is 20.9. The fourth-order valence-electron chi connectivity index (χ4n) is 8.95. The minimum atomic E-state index is -0.800. The molecule has 422 valence electrons. The van der Waals surface area contributed by atoms with Crippen LogP contribution in [-0.4, -0.2) is 37.2 Å². The maximum absolute atomic E-state index is 12.8. The molecule has 0 bridgehead atoms. The van der Waals surface area contributed by atoms with E-state index in [1.807, 2.05) is 0 Å². The van der Waals surface area contributed by atoms with Gasteiger partial charge in [0.2, 0.25) is 0 Å². The molecule has 73 heavy (non-hydrogen) atoms. The Morgan fingerprint density at radius 2 is 0.534 bits per heavy atom. The Hall–Kier alpha value is -3.15. The largest absolute Gasteiger partial charge is 0.462 e. The molecule has 0 saturated heterocycles. The zero-order valence-electron chi connectivity index (χ0n) is 48.4. The van der Waals surface area contributed by atoms with E-state index < -0.39 is 6.10 Å². The predicted octanol–water partition coefficient (Wildman–Crippen LogP) is 21.3. The van der Waals surface area contributed by atoms with Crippen molar-refractivity contribution in [2.75, 3.05) is 13.2 Å². The number of hydrogen-bond donors (Lipinski definition) is 0. The molecule has 6 nitrogen and oxygen atoms in total. The average molecular weight is 1020 g/mol. The number of esters is 3. The van der Waals surface area contributed by atoms with Gasteiger partial charge in [-0.25, -0.2) is 0 Å². The minimum absolute atomic E-state index is 0.0929. The number of rotatable bonds is 57. The van der Waals surface area contributed by atoms with Gasteiger partial charge in [0.25, 0.3) is 0 Å². The minimum Gasteiger partial charge on any atom is -0.462 e. The molecule has 1 unspecified atom stereocenters. The summed E-state index contributed by atoms with van der Waals surface area (Å²) in [5.74, 6) is -0.933. The highest BCUT2D eigenvalue weighted by molar-refractivity contribution is 5.71. The summed E-state index contributed by atoms with van der Waals surface area (Å²) in [7, 11) is 0. The Bertz CT molecular complexity index is 1360. The predicted molar refractivity (Wildman–Crippen MR) is 316 cm³/mol. The van der Waals surface area contributed by atoms with Crippen molar-refractivity contribution in [2.24, 2.45) is 0 Å². The average Bonchev–Trinajstić information content (AvgIpc) is 3.39. The fraction of sp³-hybridized carbons (Fsp3) is 0.776. The van der Waals surface area contributed by atoms with Crippen LogP contribution in [-0.2, 0) is 28.6 Å². The molecule has 0 saturated carbocycles. The number of allylic oxidation sites excluding steroid dienone is 12. The first-order valence-electron chi connectivity index (χ1n) is 31.4. The Morgan fingerprint density at radius 3 is 0.890 bits per heavy atom. The van der Waals surface area contributed by atoms with E-state index in [4.69, 9.17) is 14.2 Å². The van der Waals surface area contributed by atoms with Crippen LogP contribution in [0.15, 0.2) is 72.9 Å². The molecular weight excluding hydrogens is 901 g/mol. The molecule has 0 aromatic heterocycles. The molecular formula is C67H118O6. The van der Waals surface area contributed by atoms with Gasteiger partial charge in [0, 0.05) is 19.3 Å². The standard InChI is InChI=1S/C67H118O6/c1-4-7-10-13-16-19-22-25-27-28-29-30-31-32-33-34-35-36-37-38-40-42-45-48-51-54-57-60-66(69)72-63-64(62-71-65(68)59-56-53-50-47-44-41-24-21-18-15-12-9-6-3)73-67(70)61-58-55-52-49-46-43-39-26-23-20-17-14-11-8-5-2/h8,11,17,20-21,24,26,28-29,39,46,49,64H,4-7,9-10,12-16,18-19,22-23,25,27,30-38,40-45,47-48,50-63H2,1-3H3/b11-8-,20-17-,24-21-,29-28-,39-26-,49-46-. The highest BCUT2D eigenvalue weighted by atomic mass is 16.6. The molecule has 0 aromatic rings. The van der Waals surface area contributed by atoms with Crippen molar-refractivity contribution in [1.82, 2.24) is 0 Å². The summed E-state index contributed by atoms with van der Waals surface area (Å²) < 4.78 is 16.8. The summed E-state index contributed by atoms with van der Waals surface area (Å²) in [5, 5.41) is 0. The van der Waals surface area contributed by atoms with Crippen LogP contribution in [0.4, 0.5) is 0 Å². The van der Waals surface area contributed by atoms with Gasteiger partial charge in [-0.3, -0.25) is 14.4 Å². The molecule has 1 atom stereocenters. The van der Waals surface area contributed by atoms with Gasteiger partial charge in [0.1, 0.15) is 13.2 Å². The molecule has 0 aliphatic heterocycles. The molecule has 0 amide bonds. The lowest BCUT2D eigenvalue weighted by atomic mass is 10.0. The van der Waals surface area contributed by atoms with Gasteiger partial charge in [0.05, 0.1) is 0 Å². The first-order chi connectivity index (χ1) is 36.0. The van der Waals surface area contributed by atoms with Crippen molar-refractivity contribution in [3.63, 3.8) is 0 Å². The smallest absolute Gasteiger partial charge is 0.306 e. The molecule has 0 fully saturated rings. The third-order valence-electron chi connectivity index (χ3n) is 13.7. The number of carbonyl (C=O) groups excluding carboxylic acids is 3. The normalized spacial score (nSPS) is 12.5. The Labute approximate surface area is 453 Å². The van der Waals surface area contributed by atoms with Gasteiger partial charge in [-0.1, -0.05) is 261 Å². The fourth-order valence-corrected chi connectivity index (χ4v) is 8.95. The first kappa shape index (κ1) is 69.8. The zero-order chi connectivity index (χ0) is 52.9. The van der Waals surface area contributed by atoms with Gasteiger partial charge in [0.15, 0.2) is 6.10 Å². The summed E-state index contributed by atoms with van der Waals surface area (Å²) in [6.07, 6.45) is 79.2. The van der Waals surface area contributed by atoms with Crippen molar-refractivity contribution in [3.05, 3.63) is 72.9 Å². The van der Waals surface area contributed by atoms with E-state index in [1.165, 1.54) is 186 Å². The second kappa shape index (κ2) is 61.4. The summed E-state index contributed by atoms with van der Waals surface area (Å²) in [4.78, 5) is 38.2. The van der Waals surface area contributed by atoms with E-state index in [0.717, 1.165) is 83.5 Å². The van der Waals surface area contributed by atoms with Gasteiger partial charge in [-0.2, -0.15) is 0 Å². The number of hydrogen-bond acceptors (Lipinski definition) is 6. The lowest BCUT2D eigenvalue weighted by molar-refractivity contribution is -0.167. The van der Waals surface area contributed by atoms with Gasteiger partial charge in [-0.15, -0.1) is 0 Å². The number of unbranched alkanes of at least 4 members (excludes halogenated alkanes) is 34. The van der Waals surface area contributed by atoms with Gasteiger partial charge in [-0.05, 0) is 109 Å². The maximum Gasteiger partial charge on any atom is 0.306 e. The quantitative estimate of drug-likeness (QED) is 0.0261. The van der Waals surface area contributed by atoms with Crippen molar-refractivity contribution in [1.29, 1.82) is 0 Å². The van der Waals surface area contributed by atoms with E-state index in [9.17, 15) is 14.4 Å². The van der Waals surface area contributed by atoms with Crippen molar-refractivity contribution < 1.29 is 28.6 Å². The SMILES string of the molecule is CC/C=C\C/C=C\C/C=C\C/C=C\CCCCC(=O)OC(COC(=O)CCCCCCC/C=C\CCCCCC)COC(=O)CCCCCCCCCCCCCCCCC/C=C\CCCCCCCCCC. The van der Waals surface area contributed by atoms with Crippen molar-refractivity contribution >= 4 is 17.9 Å². The lowest BCUT2D eigenvalue weighted by Crippen LogP contribution is -2.30. The van der Waals surface area contributed by atoms with Crippen LogP contribution in [0.2, 0.25) is 0 Å². The van der Waals surface area contributed by atoms with Crippen LogP contribution in [0.1, 0.15) is 316 Å². The third-order valence-corrected chi connectivity index (χ3v) is 13.7.